The highest BCUT2D eigenvalue weighted by molar-refractivity contribution is 9.10. The molecule has 1 N–H and O–H groups in total. The van der Waals surface area contributed by atoms with Crippen LogP contribution in [0, 0.1) is 0 Å². The monoisotopic (exact) mass is 483 g/mol. The van der Waals surface area contributed by atoms with Crippen LogP contribution in [-0.4, -0.2) is 18.7 Å². The van der Waals surface area contributed by atoms with Crippen molar-refractivity contribution >= 4 is 49.1 Å². The van der Waals surface area contributed by atoms with Crippen LogP contribution >= 0.6 is 31.9 Å². The normalized spacial score (nSPS) is 13.0. The van der Waals surface area contributed by atoms with Gasteiger partial charge >= 0.3 is 0 Å². The molecule has 0 atom stereocenters. The molecule has 1 aliphatic rings. The first-order chi connectivity index (χ1) is 13.1. The van der Waals surface area contributed by atoms with E-state index in [4.69, 9.17) is 9.73 Å². The van der Waals surface area contributed by atoms with Gasteiger partial charge in [-0.05, 0) is 54.6 Å². The Morgan fingerprint density at radius 2 is 1.48 bits per heavy atom. The maximum atomic E-state index is 5.26. The molecule has 0 aromatic heterocycles. The van der Waals surface area contributed by atoms with E-state index < -0.39 is 0 Å². The highest BCUT2D eigenvalue weighted by Gasteiger charge is 2.17. The summed E-state index contributed by atoms with van der Waals surface area (Å²) in [5.74, 6) is 1.51. The van der Waals surface area contributed by atoms with Gasteiger partial charge in [0.15, 0.2) is 5.84 Å². The summed E-state index contributed by atoms with van der Waals surface area (Å²) >= 11 is 7.02. The second-order valence-electron chi connectivity index (χ2n) is 5.93. The number of halogens is 2. The summed E-state index contributed by atoms with van der Waals surface area (Å²) < 4.78 is 7.26. The van der Waals surface area contributed by atoms with Crippen LogP contribution < -0.4 is 10.2 Å². The van der Waals surface area contributed by atoms with Crippen LogP contribution in [0.2, 0.25) is 0 Å². The van der Waals surface area contributed by atoms with Crippen molar-refractivity contribution in [1.82, 2.24) is 5.43 Å². The molecule has 0 unspecified atom stereocenters. The van der Waals surface area contributed by atoms with Crippen molar-refractivity contribution in [2.75, 3.05) is 7.11 Å². The van der Waals surface area contributed by atoms with E-state index in [0.29, 0.717) is 5.84 Å². The summed E-state index contributed by atoms with van der Waals surface area (Å²) in [6.07, 6.45) is 0. The minimum atomic E-state index is 0.703. The first-order valence-corrected chi connectivity index (χ1v) is 9.85. The number of aliphatic imine (C=N–C) groups is 1. The fraction of sp³-hybridized carbons (Fsp3) is 0.0476. The largest absolute Gasteiger partial charge is 0.497 e. The number of hydrazone groups is 1. The van der Waals surface area contributed by atoms with E-state index in [1.165, 1.54) is 0 Å². The summed E-state index contributed by atoms with van der Waals surface area (Å²) in [5.41, 5.74) is 7.72. The first-order valence-electron chi connectivity index (χ1n) is 8.27. The summed E-state index contributed by atoms with van der Waals surface area (Å²) in [5, 5.41) is 4.67. The smallest absolute Gasteiger partial charge is 0.154 e. The molecule has 0 bridgehead atoms. The number of ether oxygens (including phenoxy) is 1. The Morgan fingerprint density at radius 1 is 0.815 bits per heavy atom. The molecule has 1 heterocycles. The molecule has 134 valence electrons. The lowest BCUT2D eigenvalue weighted by Gasteiger charge is -2.09. The van der Waals surface area contributed by atoms with Gasteiger partial charge in [0.25, 0.3) is 0 Å². The lowest BCUT2D eigenvalue weighted by atomic mass is 10.0. The van der Waals surface area contributed by atoms with E-state index in [2.05, 4.69) is 42.4 Å². The van der Waals surface area contributed by atoms with Crippen molar-refractivity contribution in [3.05, 3.63) is 92.4 Å². The number of rotatable bonds is 3. The molecule has 0 saturated carbocycles. The number of nitrogens with one attached hydrogen (secondary N) is 1. The molecule has 0 radical (unpaired) electrons. The van der Waals surface area contributed by atoms with Gasteiger partial charge in [-0.2, -0.15) is 5.10 Å². The molecule has 6 heteroatoms. The van der Waals surface area contributed by atoms with Crippen LogP contribution in [0.3, 0.4) is 0 Å². The number of fused-ring (bicyclic) bond motifs is 1. The molecule has 0 aliphatic carbocycles. The second-order valence-corrected chi connectivity index (χ2v) is 7.76. The van der Waals surface area contributed by atoms with Gasteiger partial charge in [-0.25, -0.2) is 4.99 Å². The Morgan fingerprint density at radius 3 is 2.19 bits per heavy atom. The lowest BCUT2D eigenvalue weighted by Crippen LogP contribution is -2.19. The lowest BCUT2D eigenvalue weighted by molar-refractivity contribution is 0.415. The van der Waals surface area contributed by atoms with Crippen LogP contribution in [-0.2, 0) is 0 Å². The van der Waals surface area contributed by atoms with E-state index in [9.17, 15) is 0 Å². The van der Waals surface area contributed by atoms with E-state index in [1.807, 2.05) is 66.7 Å². The van der Waals surface area contributed by atoms with Crippen molar-refractivity contribution < 1.29 is 4.74 Å². The molecule has 0 saturated heterocycles. The molecule has 27 heavy (non-hydrogen) atoms. The predicted octanol–water partition coefficient (Wildman–Crippen LogP) is 5.65. The fourth-order valence-electron chi connectivity index (χ4n) is 2.82. The third-order valence-corrected chi connectivity index (χ3v) is 5.22. The Labute approximate surface area is 174 Å². The first kappa shape index (κ1) is 17.9. The number of methoxy groups -OCH3 is 1. The molecule has 0 fully saturated rings. The molecule has 4 rings (SSSR count). The number of amidine groups is 1. The third kappa shape index (κ3) is 3.82. The summed E-state index contributed by atoms with van der Waals surface area (Å²) in [6.45, 7) is 0. The van der Waals surface area contributed by atoms with Gasteiger partial charge in [0, 0.05) is 25.6 Å². The minimum Gasteiger partial charge on any atom is -0.497 e. The fourth-order valence-corrected chi connectivity index (χ4v) is 3.44. The van der Waals surface area contributed by atoms with Crippen molar-refractivity contribution in [2.45, 2.75) is 0 Å². The summed E-state index contributed by atoms with van der Waals surface area (Å²) in [7, 11) is 1.66. The number of benzene rings is 3. The standard InChI is InChI=1S/C21H15Br2N3O/c1-27-17-9-4-13(5-10-17)20-18-12-16(23)8-11-19(18)24-21(26-25-20)14-2-6-15(22)7-3-14/h2-12H,1H3,(H,24,26). The van der Waals surface area contributed by atoms with Crippen molar-refractivity contribution in [3.8, 4) is 5.75 Å². The van der Waals surface area contributed by atoms with Gasteiger partial charge in [-0.3, -0.25) is 5.43 Å². The van der Waals surface area contributed by atoms with Crippen LogP contribution in [0.5, 0.6) is 5.75 Å². The molecule has 3 aromatic carbocycles. The Kier molecular flexibility index (Phi) is 5.09. The average Bonchev–Trinajstić information content (AvgIpc) is 2.88. The maximum Gasteiger partial charge on any atom is 0.154 e. The van der Waals surface area contributed by atoms with Crippen LogP contribution in [0.1, 0.15) is 16.7 Å². The zero-order chi connectivity index (χ0) is 18.8. The predicted molar refractivity (Wildman–Crippen MR) is 116 cm³/mol. The van der Waals surface area contributed by atoms with Crippen LogP contribution in [0.25, 0.3) is 0 Å². The molecule has 4 nitrogen and oxygen atoms in total. The van der Waals surface area contributed by atoms with E-state index in [0.717, 1.165) is 42.8 Å². The number of nitrogens with zero attached hydrogens (tertiary/aromatic N) is 2. The van der Waals surface area contributed by atoms with Gasteiger partial charge in [0.1, 0.15) is 11.5 Å². The Hall–Kier alpha value is -2.44. The zero-order valence-electron chi connectivity index (χ0n) is 14.4. The van der Waals surface area contributed by atoms with Crippen molar-refractivity contribution in [3.63, 3.8) is 0 Å². The van der Waals surface area contributed by atoms with E-state index in [-0.39, 0.29) is 0 Å². The number of hydrogen-bond donors (Lipinski definition) is 1. The highest BCUT2D eigenvalue weighted by Crippen LogP contribution is 2.29. The Bertz CT molecular complexity index is 1040. The van der Waals surface area contributed by atoms with E-state index in [1.54, 1.807) is 7.11 Å². The van der Waals surface area contributed by atoms with Crippen LogP contribution in [0.4, 0.5) is 5.69 Å². The van der Waals surface area contributed by atoms with E-state index >= 15 is 0 Å². The number of hydrogen-bond acceptors (Lipinski definition) is 4. The van der Waals surface area contributed by atoms with Crippen molar-refractivity contribution in [1.29, 1.82) is 0 Å². The summed E-state index contributed by atoms with van der Waals surface area (Å²) in [6, 6.07) is 21.8. The van der Waals surface area contributed by atoms with Gasteiger partial charge in [0.05, 0.1) is 12.8 Å². The molecule has 3 aromatic rings. The third-order valence-electron chi connectivity index (χ3n) is 4.20. The van der Waals surface area contributed by atoms with Crippen molar-refractivity contribution in [2.24, 2.45) is 10.1 Å². The van der Waals surface area contributed by atoms with Gasteiger partial charge in [-0.1, -0.05) is 44.0 Å². The second kappa shape index (κ2) is 7.66. The molecule has 0 spiro atoms. The topological polar surface area (TPSA) is 46.0 Å². The molecular formula is C21H15Br2N3O. The summed E-state index contributed by atoms with van der Waals surface area (Å²) in [4.78, 5) is 4.82. The quantitative estimate of drug-likeness (QED) is 0.521. The SMILES string of the molecule is COc1ccc(C2=NNC(c3ccc(Br)cc3)=Nc3ccc(Br)cc32)cc1. The highest BCUT2D eigenvalue weighted by atomic mass is 79.9. The maximum absolute atomic E-state index is 5.26. The molecular weight excluding hydrogens is 470 g/mol. The van der Waals surface area contributed by atoms with Crippen LogP contribution in [0.15, 0.2) is 85.8 Å². The zero-order valence-corrected chi connectivity index (χ0v) is 17.6. The van der Waals surface area contributed by atoms with Gasteiger partial charge in [0.2, 0.25) is 0 Å². The van der Waals surface area contributed by atoms with Gasteiger partial charge < -0.3 is 4.74 Å². The van der Waals surface area contributed by atoms with Gasteiger partial charge in [-0.15, -0.1) is 0 Å². The molecule has 0 amide bonds. The average molecular weight is 485 g/mol. The minimum absolute atomic E-state index is 0.703. The Balaban J connectivity index is 1.83. The molecule has 1 aliphatic heterocycles.